The molecule has 1 unspecified atom stereocenters. The van der Waals surface area contributed by atoms with Crippen molar-refractivity contribution < 1.29 is 35.5 Å². The Morgan fingerprint density at radius 1 is 1.56 bits per heavy atom. The fourth-order valence-electron chi connectivity index (χ4n) is 1.05. The van der Waals surface area contributed by atoms with E-state index >= 15 is 0 Å². The van der Waals surface area contributed by atoms with Gasteiger partial charge in [-0.25, -0.2) is 9.59 Å². The number of primary amides is 1. The van der Waals surface area contributed by atoms with Gasteiger partial charge in [0.25, 0.3) is 0 Å². The van der Waals surface area contributed by atoms with Crippen LogP contribution in [0.2, 0.25) is 0 Å². The van der Waals surface area contributed by atoms with E-state index in [1.54, 1.807) is 0 Å². The zero-order chi connectivity index (χ0) is 24.4. The normalized spacial score (nSPS) is 27.2. The van der Waals surface area contributed by atoms with Gasteiger partial charge in [-0.2, -0.15) is 0 Å². The van der Waals surface area contributed by atoms with Crippen LogP contribution in [0.5, 0.6) is 0 Å². The molecule has 18 heavy (non-hydrogen) atoms. The molecule has 0 heterocycles. The minimum atomic E-state index is -3.58. The molecule has 0 bridgehead atoms. The maximum Gasteiger partial charge on any atom is 0.407 e. The number of carbonyl (C=O) groups is 2. The van der Waals surface area contributed by atoms with E-state index in [2.05, 4.69) is 9.47 Å². The number of carbonyl (C=O) groups excluding carboxylic acids is 2. The molecule has 0 aromatic carbocycles. The highest BCUT2D eigenvalue weighted by Crippen LogP contribution is 2.24. The average Bonchev–Trinajstić information content (AvgIpc) is 2.46. The Bertz CT molecular complexity index is 616. The van der Waals surface area contributed by atoms with Crippen LogP contribution >= 0.6 is 0 Å². The predicted molar refractivity (Wildman–Crippen MR) is 68.2 cm³/mol. The molecular formula is C12H24N2O4. The van der Waals surface area contributed by atoms with E-state index in [1.807, 2.05) is 0 Å². The third-order valence-corrected chi connectivity index (χ3v) is 1.70. The Balaban J connectivity index is 6.11. The first-order valence-corrected chi connectivity index (χ1v) is 5.01. The minimum absolute atomic E-state index is 0.0257. The number of amides is 2. The van der Waals surface area contributed by atoms with E-state index in [4.69, 9.17) is 22.2 Å². The van der Waals surface area contributed by atoms with Crippen LogP contribution in [0.25, 0.3) is 0 Å². The molecule has 0 spiro atoms. The van der Waals surface area contributed by atoms with Crippen LogP contribution in [0.3, 0.4) is 0 Å². The molecule has 6 heteroatoms. The highest BCUT2D eigenvalue weighted by molar-refractivity contribution is 5.67. The number of alkyl carbamates (subject to hydrolysis) is 1. The minimum Gasteiger partial charge on any atom is -0.449 e. The molecule has 0 aromatic heterocycles. The number of nitrogens with one attached hydrogen (secondary N) is 1. The summed E-state index contributed by atoms with van der Waals surface area (Å²) in [7, 11) is 0. The van der Waals surface area contributed by atoms with Crippen molar-refractivity contribution in [2.24, 2.45) is 11.1 Å². The van der Waals surface area contributed by atoms with E-state index in [-0.39, 0.29) is 6.42 Å². The summed E-state index contributed by atoms with van der Waals surface area (Å²) >= 11 is 0. The van der Waals surface area contributed by atoms with Crippen molar-refractivity contribution in [3.05, 3.63) is 0 Å². The smallest absolute Gasteiger partial charge is 0.407 e. The van der Waals surface area contributed by atoms with Crippen LogP contribution in [0, 0.1) is 5.41 Å². The van der Waals surface area contributed by atoms with E-state index in [9.17, 15) is 9.59 Å². The lowest BCUT2D eigenvalue weighted by atomic mass is 9.87. The summed E-state index contributed by atoms with van der Waals surface area (Å²) in [5, 5.41) is 1.28. The standard InChI is InChI=1S/C12H24N2O4/c1-5-6-12(4,7-17-10(13)15)8-18-11(16)14-9(2)3/h9H,5-8H2,1-4H3,(H2,13,15)(H,14,16)/i2D3,3D3,4D3,8D2,9D. The fourth-order valence-corrected chi connectivity index (χ4v) is 1.05. The van der Waals surface area contributed by atoms with Gasteiger partial charge in [-0.15, -0.1) is 0 Å². The van der Waals surface area contributed by atoms with Crippen molar-refractivity contribution in [3.63, 3.8) is 0 Å². The molecule has 1 atom stereocenters. The van der Waals surface area contributed by atoms with Crippen molar-refractivity contribution in [1.29, 1.82) is 0 Å². The molecule has 0 aromatic rings. The highest BCUT2D eigenvalue weighted by Gasteiger charge is 2.27. The number of ether oxygens (including phenoxy) is 2. The Hall–Kier alpha value is -1.46. The van der Waals surface area contributed by atoms with Crippen molar-refractivity contribution in [2.45, 2.75) is 46.3 Å². The van der Waals surface area contributed by atoms with Gasteiger partial charge < -0.3 is 20.5 Å². The first-order chi connectivity index (χ1) is 13.1. The van der Waals surface area contributed by atoms with Gasteiger partial charge >= 0.3 is 12.2 Å². The van der Waals surface area contributed by atoms with E-state index in [0.717, 1.165) is 0 Å². The molecule has 0 aliphatic heterocycles. The van der Waals surface area contributed by atoms with Gasteiger partial charge in [-0.3, -0.25) is 0 Å². The summed E-state index contributed by atoms with van der Waals surface area (Å²) in [5.41, 5.74) is 2.19. The van der Waals surface area contributed by atoms with Crippen molar-refractivity contribution in [3.8, 4) is 0 Å². The van der Waals surface area contributed by atoms with Crippen LogP contribution in [-0.2, 0) is 9.47 Å². The second-order valence-electron chi connectivity index (χ2n) is 3.43. The summed E-state index contributed by atoms with van der Waals surface area (Å²) in [6, 6.07) is -3.58. The summed E-state index contributed by atoms with van der Waals surface area (Å²) < 4.78 is 99.2. The average molecular weight is 272 g/mol. The molecule has 0 fully saturated rings. The van der Waals surface area contributed by atoms with Gasteiger partial charge in [0, 0.05) is 23.8 Å². The van der Waals surface area contributed by atoms with Crippen LogP contribution in [0.4, 0.5) is 9.59 Å². The lowest BCUT2D eigenvalue weighted by molar-refractivity contribution is 0.0333. The largest absolute Gasteiger partial charge is 0.449 e. The quantitative estimate of drug-likeness (QED) is 0.742. The first kappa shape index (κ1) is 5.27. The van der Waals surface area contributed by atoms with Crippen molar-refractivity contribution in [1.82, 2.24) is 5.32 Å². The number of nitrogens with two attached hydrogens (primary N) is 1. The van der Waals surface area contributed by atoms with Crippen LogP contribution in [0.15, 0.2) is 0 Å². The highest BCUT2D eigenvalue weighted by atomic mass is 16.6. The molecular weight excluding hydrogens is 236 g/mol. The van der Waals surface area contributed by atoms with Gasteiger partial charge in [0.2, 0.25) is 0 Å². The van der Waals surface area contributed by atoms with Crippen LogP contribution in [-0.4, -0.2) is 31.4 Å². The van der Waals surface area contributed by atoms with Gasteiger partial charge in [0.1, 0.15) is 13.2 Å². The second-order valence-corrected chi connectivity index (χ2v) is 3.43. The maximum atomic E-state index is 12.2. The fraction of sp³-hybridized carbons (Fsp3) is 0.833. The molecule has 0 aliphatic rings. The molecule has 106 valence electrons. The van der Waals surface area contributed by atoms with Crippen molar-refractivity contribution >= 4 is 12.2 Å². The molecule has 6 nitrogen and oxygen atoms in total. The monoisotopic (exact) mass is 272 g/mol. The van der Waals surface area contributed by atoms with Crippen LogP contribution in [0.1, 0.15) is 56.8 Å². The molecule has 0 saturated carbocycles. The molecule has 3 N–H and O–H groups in total. The summed E-state index contributed by atoms with van der Waals surface area (Å²) in [6.45, 7) is -13.5. The summed E-state index contributed by atoms with van der Waals surface area (Å²) in [6.07, 6.45) is -3.90. The van der Waals surface area contributed by atoms with Crippen molar-refractivity contribution in [2.75, 3.05) is 13.2 Å². The first-order valence-electron chi connectivity index (χ1n) is 11.0. The molecule has 0 radical (unpaired) electrons. The predicted octanol–water partition coefficient (Wildman–Crippen LogP) is 2.02. The number of hydrogen-bond donors (Lipinski definition) is 2. The zero-order valence-corrected chi connectivity index (χ0v) is 9.83. The van der Waals surface area contributed by atoms with Gasteiger partial charge in [0.15, 0.2) is 0 Å². The lowest BCUT2D eigenvalue weighted by Gasteiger charge is -2.27. The Kier molecular flexibility index (Phi) is 2.28. The molecule has 0 saturated heterocycles. The third kappa shape index (κ3) is 7.76. The van der Waals surface area contributed by atoms with E-state index in [0.29, 0.717) is 0 Å². The SMILES string of the molecule is [2H]C([2H])([2H])C(CCC)(COC(N)=O)C([2H])([2H])OC(=O)NC([2H])(C([2H])([2H])[2H])C([2H])([2H])[2H]. The Labute approximate surface area is 125 Å². The second kappa shape index (κ2) is 7.79. The number of hydrogen-bond acceptors (Lipinski definition) is 4. The number of rotatable bonds is 7. The van der Waals surface area contributed by atoms with E-state index in [1.165, 1.54) is 12.2 Å². The summed E-state index contributed by atoms with van der Waals surface area (Å²) in [4.78, 5) is 23.1. The van der Waals surface area contributed by atoms with Gasteiger partial charge in [-0.1, -0.05) is 20.2 Å². The lowest BCUT2D eigenvalue weighted by Crippen LogP contribution is -2.37. The van der Waals surface area contributed by atoms with Crippen LogP contribution < -0.4 is 11.1 Å². The summed E-state index contributed by atoms with van der Waals surface area (Å²) in [5.74, 6) is 0. The van der Waals surface area contributed by atoms with Gasteiger partial charge in [0.05, 0.1) is 4.11 Å². The molecule has 0 aliphatic carbocycles. The van der Waals surface area contributed by atoms with E-state index < -0.39 is 63.8 Å². The van der Waals surface area contributed by atoms with Gasteiger partial charge in [-0.05, 0) is 20.1 Å². The topological polar surface area (TPSA) is 90.7 Å². The third-order valence-electron chi connectivity index (χ3n) is 1.70. The molecule has 2 amide bonds. The maximum absolute atomic E-state index is 12.2. The Morgan fingerprint density at radius 3 is 2.78 bits per heavy atom. The molecule has 0 rings (SSSR count). The Morgan fingerprint density at radius 2 is 2.28 bits per heavy atom. The zero-order valence-electron chi connectivity index (χ0n) is 21.8.